The first-order chi connectivity index (χ1) is 6.77. The predicted octanol–water partition coefficient (Wildman–Crippen LogP) is 3.30. The standard InChI is InChI=1S/C12H25NS/c1-4-12(11-6-7-11)13-10(3)8-9-14-5-2/h10-13H,4-9H2,1-3H3. The Kier molecular flexibility index (Phi) is 5.95. The fourth-order valence-corrected chi connectivity index (χ4v) is 2.75. The van der Waals surface area contributed by atoms with E-state index in [-0.39, 0.29) is 0 Å². The van der Waals surface area contributed by atoms with Gasteiger partial charge in [0.25, 0.3) is 0 Å². The van der Waals surface area contributed by atoms with Crippen LogP contribution in [-0.2, 0) is 0 Å². The molecule has 0 aliphatic heterocycles. The second kappa shape index (κ2) is 6.73. The van der Waals surface area contributed by atoms with Gasteiger partial charge in [-0.25, -0.2) is 0 Å². The Morgan fingerprint density at radius 3 is 2.57 bits per heavy atom. The molecule has 0 spiro atoms. The van der Waals surface area contributed by atoms with E-state index in [2.05, 4.69) is 37.8 Å². The van der Waals surface area contributed by atoms with Crippen molar-refractivity contribution < 1.29 is 0 Å². The largest absolute Gasteiger partial charge is 0.311 e. The molecule has 0 radical (unpaired) electrons. The van der Waals surface area contributed by atoms with Crippen molar-refractivity contribution in [3.05, 3.63) is 0 Å². The summed E-state index contributed by atoms with van der Waals surface area (Å²) in [6.45, 7) is 6.88. The Morgan fingerprint density at radius 2 is 2.07 bits per heavy atom. The lowest BCUT2D eigenvalue weighted by atomic mass is 10.1. The summed E-state index contributed by atoms with van der Waals surface area (Å²) in [4.78, 5) is 0. The van der Waals surface area contributed by atoms with Crippen molar-refractivity contribution >= 4 is 11.8 Å². The molecule has 1 fully saturated rings. The maximum Gasteiger partial charge on any atom is 0.00951 e. The molecule has 1 aliphatic carbocycles. The molecule has 1 saturated carbocycles. The summed E-state index contributed by atoms with van der Waals surface area (Å²) >= 11 is 2.06. The molecule has 2 atom stereocenters. The van der Waals surface area contributed by atoms with E-state index in [0.717, 1.165) is 12.0 Å². The zero-order valence-corrected chi connectivity index (χ0v) is 10.7. The van der Waals surface area contributed by atoms with E-state index < -0.39 is 0 Å². The highest BCUT2D eigenvalue weighted by molar-refractivity contribution is 7.99. The van der Waals surface area contributed by atoms with Crippen LogP contribution in [0.1, 0.15) is 46.5 Å². The van der Waals surface area contributed by atoms with Gasteiger partial charge in [-0.3, -0.25) is 0 Å². The van der Waals surface area contributed by atoms with Gasteiger partial charge in [-0.2, -0.15) is 11.8 Å². The second-order valence-electron chi connectivity index (χ2n) is 4.41. The van der Waals surface area contributed by atoms with Crippen LogP contribution >= 0.6 is 11.8 Å². The van der Waals surface area contributed by atoms with E-state index in [9.17, 15) is 0 Å². The minimum Gasteiger partial charge on any atom is -0.311 e. The van der Waals surface area contributed by atoms with E-state index in [1.807, 2.05) is 0 Å². The molecule has 1 N–H and O–H groups in total. The van der Waals surface area contributed by atoms with E-state index in [1.54, 1.807) is 0 Å². The van der Waals surface area contributed by atoms with Crippen molar-refractivity contribution in [1.29, 1.82) is 0 Å². The highest BCUT2D eigenvalue weighted by atomic mass is 32.2. The monoisotopic (exact) mass is 215 g/mol. The molecule has 0 aromatic heterocycles. The van der Waals surface area contributed by atoms with Crippen molar-refractivity contribution in [2.75, 3.05) is 11.5 Å². The number of hydrogen-bond acceptors (Lipinski definition) is 2. The Hall–Kier alpha value is 0.310. The molecule has 0 aromatic carbocycles. The molecule has 2 heteroatoms. The van der Waals surface area contributed by atoms with Crippen LogP contribution in [-0.4, -0.2) is 23.6 Å². The van der Waals surface area contributed by atoms with Gasteiger partial charge in [-0.15, -0.1) is 0 Å². The first-order valence-electron chi connectivity index (χ1n) is 6.11. The second-order valence-corrected chi connectivity index (χ2v) is 5.80. The van der Waals surface area contributed by atoms with Crippen LogP contribution in [0.5, 0.6) is 0 Å². The summed E-state index contributed by atoms with van der Waals surface area (Å²) in [5, 5.41) is 3.77. The fraction of sp³-hybridized carbons (Fsp3) is 1.00. The lowest BCUT2D eigenvalue weighted by Crippen LogP contribution is -2.37. The Labute approximate surface area is 93.4 Å². The van der Waals surface area contributed by atoms with Crippen LogP contribution in [0.2, 0.25) is 0 Å². The molecule has 2 unspecified atom stereocenters. The highest BCUT2D eigenvalue weighted by Crippen LogP contribution is 2.34. The van der Waals surface area contributed by atoms with Crippen LogP contribution < -0.4 is 5.32 Å². The van der Waals surface area contributed by atoms with Gasteiger partial charge >= 0.3 is 0 Å². The van der Waals surface area contributed by atoms with Gasteiger partial charge in [0.1, 0.15) is 0 Å². The number of nitrogens with one attached hydrogen (secondary N) is 1. The summed E-state index contributed by atoms with van der Waals surface area (Å²) in [5.41, 5.74) is 0. The predicted molar refractivity (Wildman–Crippen MR) is 67.0 cm³/mol. The molecular formula is C12H25NS. The molecule has 0 bridgehead atoms. The van der Waals surface area contributed by atoms with Crippen molar-refractivity contribution in [1.82, 2.24) is 5.32 Å². The summed E-state index contributed by atoms with van der Waals surface area (Å²) in [5.74, 6) is 3.57. The highest BCUT2D eigenvalue weighted by Gasteiger charge is 2.30. The lowest BCUT2D eigenvalue weighted by Gasteiger charge is -2.21. The van der Waals surface area contributed by atoms with Crippen molar-refractivity contribution in [2.45, 2.75) is 58.5 Å². The van der Waals surface area contributed by atoms with Gasteiger partial charge < -0.3 is 5.32 Å². The van der Waals surface area contributed by atoms with E-state index >= 15 is 0 Å². The Balaban J connectivity index is 2.07. The average Bonchev–Trinajstić information content (AvgIpc) is 2.98. The van der Waals surface area contributed by atoms with Crippen molar-refractivity contribution in [2.24, 2.45) is 5.92 Å². The third kappa shape index (κ3) is 4.70. The fourth-order valence-electron chi connectivity index (χ4n) is 1.94. The molecule has 0 aromatic rings. The summed E-state index contributed by atoms with van der Waals surface area (Å²) in [6.07, 6.45) is 5.54. The summed E-state index contributed by atoms with van der Waals surface area (Å²) in [6, 6.07) is 1.51. The quantitative estimate of drug-likeness (QED) is 0.624. The van der Waals surface area contributed by atoms with E-state index in [0.29, 0.717) is 6.04 Å². The van der Waals surface area contributed by atoms with Crippen LogP contribution in [0, 0.1) is 5.92 Å². The minimum atomic E-state index is 0.708. The number of rotatable bonds is 8. The van der Waals surface area contributed by atoms with Gasteiger partial charge in [-0.1, -0.05) is 13.8 Å². The van der Waals surface area contributed by atoms with Crippen LogP contribution in [0.4, 0.5) is 0 Å². The molecule has 0 saturated heterocycles. The Morgan fingerprint density at radius 1 is 1.36 bits per heavy atom. The molecule has 0 heterocycles. The van der Waals surface area contributed by atoms with Crippen molar-refractivity contribution in [3.8, 4) is 0 Å². The topological polar surface area (TPSA) is 12.0 Å². The first kappa shape index (κ1) is 12.4. The molecule has 1 aliphatic rings. The van der Waals surface area contributed by atoms with Gasteiger partial charge in [0.05, 0.1) is 0 Å². The molecule has 1 rings (SSSR count). The first-order valence-corrected chi connectivity index (χ1v) is 7.27. The Bertz CT molecular complexity index is 145. The zero-order chi connectivity index (χ0) is 10.4. The number of hydrogen-bond donors (Lipinski definition) is 1. The van der Waals surface area contributed by atoms with Crippen molar-refractivity contribution in [3.63, 3.8) is 0 Å². The smallest absolute Gasteiger partial charge is 0.00951 e. The average molecular weight is 215 g/mol. The number of thioether (sulfide) groups is 1. The molecule has 0 amide bonds. The third-order valence-corrected chi connectivity index (χ3v) is 3.96. The van der Waals surface area contributed by atoms with Gasteiger partial charge in [0, 0.05) is 12.1 Å². The minimum absolute atomic E-state index is 0.708. The molecular weight excluding hydrogens is 190 g/mol. The van der Waals surface area contributed by atoms with Gasteiger partial charge in [0.15, 0.2) is 0 Å². The molecule has 14 heavy (non-hydrogen) atoms. The molecule has 84 valence electrons. The molecule has 1 nitrogen and oxygen atoms in total. The normalized spacial score (nSPS) is 20.8. The zero-order valence-electron chi connectivity index (χ0n) is 9.88. The maximum absolute atomic E-state index is 3.77. The van der Waals surface area contributed by atoms with Gasteiger partial charge in [0.2, 0.25) is 0 Å². The SMILES string of the molecule is CCSCCC(C)NC(CC)C1CC1. The van der Waals surface area contributed by atoms with Crippen LogP contribution in [0.3, 0.4) is 0 Å². The summed E-state index contributed by atoms with van der Waals surface area (Å²) in [7, 11) is 0. The van der Waals surface area contributed by atoms with E-state index in [4.69, 9.17) is 0 Å². The van der Waals surface area contributed by atoms with Crippen LogP contribution in [0.25, 0.3) is 0 Å². The van der Waals surface area contributed by atoms with E-state index in [1.165, 1.54) is 37.2 Å². The third-order valence-electron chi connectivity index (χ3n) is 3.03. The summed E-state index contributed by atoms with van der Waals surface area (Å²) < 4.78 is 0. The van der Waals surface area contributed by atoms with Crippen LogP contribution in [0.15, 0.2) is 0 Å². The maximum atomic E-state index is 3.77. The van der Waals surface area contributed by atoms with Gasteiger partial charge in [-0.05, 0) is 50.0 Å². The lowest BCUT2D eigenvalue weighted by molar-refractivity contribution is 0.394.